The van der Waals surface area contributed by atoms with Crippen LogP contribution >= 0.6 is 15.9 Å². The highest BCUT2D eigenvalue weighted by atomic mass is 79.9. The molecule has 0 unspecified atom stereocenters. The molecule has 1 saturated heterocycles. The third kappa shape index (κ3) is 1.61. The molecule has 12 heavy (non-hydrogen) atoms. The zero-order valence-electron chi connectivity index (χ0n) is 16.8. The first-order valence-corrected chi connectivity index (χ1v) is 3.85. The van der Waals surface area contributed by atoms with Crippen molar-refractivity contribution in [3.63, 3.8) is 0 Å². The molecule has 2 heterocycles. The van der Waals surface area contributed by atoms with E-state index in [4.69, 9.17) is 15.1 Å². The van der Waals surface area contributed by atoms with Crippen LogP contribution in [0.1, 0.15) is 27.8 Å². The van der Waals surface area contributed by atoms with Gasteiger partial charge in [-0.25, -0.2) is 4.98 Å². The van der Waals surface area contributed by atoms with Crippen molar-refractivity contribution < 1.29 is 15.1 Å². The number of hydrogen-bond acceptors (Lipinski definition) is 2. The Morgan fingerprint density at radius 2 is 2.25 bits per heavy atom. The Balaban J connectivity index is 2.86. The van der Waals surface area contributed by atoms with Crippen LogP contribution in [0.4, 0.5) is 5.69 Å². The predicted octanol–water partition coefficient (Wildman–Crippen LogP) is 2.44. The molecule has 0 radical (unpaired) electrons. The van der Waals surface area contributed by atoms with Crippen LogP contribution in [-0.4, -0.2) is 18.0 Å². The number of pyridine rings is 1. The first-order valence-electron chi connectivity index (χ1n) is 8.56. The highest BCUT2D eigenvalue weighted by Gasteiger charge is 2.11. The molecule has 0 bridgehead atoms. The molecule has 0 amide bonds. The van der Waals surface area contributed by atoms with E-state index in [1.165, 1.54) is 0 Å². The monoisotopic (exact) mass is 237 g/mol. The topological polar surface area (TPSA) is 16.1 Å². The van der Waals surface area contributed by atoms with Gasteiger partial charge in [0, 0.05) is 24.0 Å². The fourth-order valence-corrected chi connectivity index (χ4v) is 0.870. The standard InChI is InChI=1S/C9H11BrN2/c10-9-4-3-8(7-11-9)12-5-1-2-6-12/h3-4,7H,1-2,5-6H2/i1D2,2D2,3D,4D,5D2,6D2,7D. The zero-order valence-corrected chi connectivity index (χ0v) is 7.36. The van der Waals surface area contributed by atoms with E-state index in [0.717, 1.165) is 0 Å². The van der Waals surface area contributed by atoms with Gasteiger partial charge in [-0.1, -0.05) is 0 Å². The molecule has 0 N–H and O–H groups in total. The molecule has 0 aromatic carbocycles. The van der Waals surface area contributed by atoms with Crippen molar-refractivity contribution in [1.29, 1.82) is 0 Å². The maximum atomic E-state index is 7.88. The van der Waals surface area contributed by atoms with E-state index >= 15 is 0 Å². The second-order valence-corrected chi connectivity index (χ2v) is 2.67. The molecule has 0 spiro atoms. The van der Waals surface area contributed by atoms with Crippen LogP contribution in [0.25, 0.3) is 0 Å². The summed E-state index contributed by atoms with van der Waals surface area (Å²) in [6, 6.07) is -1.30. The third-order valence-corrected chi connectivity index (χ3v) is 1.54. The summed E-state index contributed by atoms with van der Waals surface area (Å²) >= 11 is 2.85. The van der Waals surface area contributed by atoms with E-state index in [2.05, 4.69) is 20.9 Å². The maximum Gasteiger partial charge on any atom is 0.106 e. The summed E-state index contributed by atoms with van der Waals surface area (Å²) in [7, 11) is 0. The van der Waals surface area contributed by atoms with Crippen molar-refractivity contribution in [1.82, 2.24) is 4.98 Å². The second kappa shape index (κ2) is 3.44. The van der Waals surface area contributed by atoms with Gasteiger partial charge >= 0.3 is 0 Å². The van der Waals surface area contributed by atoms with Gasteiger partial charge in [-0.05, 0) is 40.8 Å². The van der Waals surface area contributed by atoms with Crippen LogP contribution < -0.4 is 4.90 Å². The lowest BCUT2D eigenvalue weighted by molar-refractivity contribution is 0.949. The average molecular weight is 238 g/mol. The van der Waals surface area contributed by atoms with Gasteiger partial charge in [0.1, 0.15) is 4.60 Å². The van der Waals surface area contributed by atoms with Crippen LogP contribution in [0.5, 0.6) is 0 Å². The molecule has 0 saturated carbocycles. The molecular formula is C9H11BrN2. The lowest BCUT2D eigenvalue weighted by atomic mass is 10.4. The highest BCUT2D eigenvalue weighted by Crippen LogP contribution is 2.19. The summed E-state index contributed by atoms with van der Waals surface area (Å²) in [6.07, 6.45) is -7.32. The molecule has 1 fully saturated rings. The van der Waals surface area contributed by atoms with Crippen LogP contribution in [0.3, 0.4) is 0 Å². The minimum Gasteiger partial charge on any atom is -0.370 e. The first-order chi connectivity index (χ1) is 10.1. The van der Waals surface area contributed by atoms with Crippen molar-refractivity contribution >= 4 is 21.6 Å². The number of rotatable bonds is 1. The number of nitrogens with zero attached hydrogens (tertiary/aromatic N) is 2. The summed E-state index contributed by atoms with van der Waals surface area (Å²) in [5.74, 6) is 0. The van der Waals surface area contributed by atoms with E-state index < -0.39 is 49.7 Å². The largest absolute Gasteiger partial charge is 0.370 e. The smallest absolute Gasteiger partial charge is 0.106 e. The molecule has 3 heteroatoms. The van der Waals surface area contributed by atoms with Gasteiger partial charge in [0.05, 0.1) is 16.0 Å². The van der Waals surface area contributed by atoms with Gasteiger partial charge in [-0.3, -0.25) is 0 Å². The van der Waals surface area contributed by atoms with Gasteiger partial charge in [0.15, 0.2) is 0 Å². The van der Waals surface area contributed by atoms with Crippen molar-refractivity contribution in [2.45, 2.75) is 12.7 Å². The highest BCUT2D eigenvalue weighted by molar-refractivity contribution is 9.10. The van der Waals surface area contributed by atoms with E-state index in [9.17, 15) is 0 Å². The Bertz CT molecular complexity index is 648. The van der Waals surface area contributed by atoms with Crippen molar-refractivity contribution in [2.24, 2.45) is 0 Å². The van der Waals surface area contributed by atoms with Gasteiger partial charge < -0.3 is 4.90 Å². The summed E-state index contributed by atoms with van der Waals surface area (Å²) in [4.78, 5) is 3.63. The van der Waals surface area contributed by atoms with E-state index in [-0.39, 0.29) is 9.50 Å². The fraction of sp³-hybridized carbons (Fsp3) is 0.444. The summed E-state index contributed by atoms with van der Waals surface area (Å²) in [5, 5.41) is 0. The van der Waals surface area contributed by atoms with Gasteiger partial charge in [0.25, 0.3) is 0 Å². The van der Waals surface area contributed by atoms with E-state index in [1.807, 2.05) is 0 Å². The molecule has 1 aliphatic heterocycles. The Morgan fingerprint density at radius 3 is 3.00 bits per heavy atom. The molecule has 0 atom stereocenters. The predicted molar refractivity (Wildman–Crippen MR) is 53.4 cm³/mol. The number of hydrogen-bond donors (Lipinski definition) is 0. The maximum absolute atomic E-state index is 7.88. The molecule has 2 nitrogen and oxygen atoms in total. The van der Waals surface area contributed by atoms with Gasteiger partial charge in [0.2, 0.25) is 0 Å². The second-order valence-electron chi connectivity index (χ2n) is 1.92. The average Bonchev–Trinajstić information content (AvgIpc) is 2.45. The Morgan fingerprint density at radius 1 is 1.50 bits per heavy atom. The minimum absolute atomic E-state index is 0.0716. The first kappa shape index (κ1) is 2.27. The van der Waals surface area contributed by atoms with Gasteiger partial charge in [-0.15, -0.1) is 0 Å². The lowest BCUT2D eigenvalue weighted by Crippen LogP contribution is -2.17. The lowest BCUT2D eigenvalue weighted by Gasteiger charge is -2.16. The molecule has 0 aliphatic carbocycles. The molecular weight excluding hydrogens is 216 g/mol. The van der Waals surface area contributed by atoms with E-state index in [0.29, 0.717) is 0 Å². The fourth-order valence-electron chi connectivity index (χ4n) is 0.682. The molecule has 1 aromatic heterocycles. The Kier molecular flexibility index (Phi) is 0.649. The summed E-state index contributed by atoms with van der Waals surface area (Å²) in [6.45, 7) is -6.43. The summed E-state index contributed by atoms with van der Waals surface area (Å²) < 4.78 is 85.4. The van der Waals surface area contributed by atoms with Crippen LogP contribution in [0.15, 0.2) is 22.9 Å². The number of aromatic nitrogens is 1. The van der Waals surface area contributed by atoms with Crippen LogP contribution in [0.2, 0.25) is 0 Å². The Hall–Kier alpha value is -0.570. The van der Waals surface area contributed by atoms with Crippen molar-refractivity contribution in [3.05, 3.63) is 22.9 Å². The zero-order chi connectivity index (χ0) is 18.2. The molecule has 1 aliphatic rings. The van der Waals surface area contributed by atoms with Crippen LogP contribution in [0, 0.1) is 0 Å². The van der Waals surface area contributed by atoms with Crippen molar-refractivity contribution in [2.75, 3.05) is 17.9 Å². The van der Waals surface area contributed by atoms with Crippen LogP contribution in [-0.2, 0) is 0 Å². The third-order valence-electron chi connectivity index (χ3n) is 1.17. The molecule has 64 valence electrons. The molecule has 2 rings (SSSR count). The normalized spacial score (nSPS) is 47.1. The number of halogens is 1. The SMILES string of the molecule is [2H]c1nc(Br)c([2H])c([2H])c1N1C([2H])([2H])C([2H])([2H])C([2H])([2H])C1([2H])[2H]. The quantitative estimate of drug-likeness (QED) is 0.698. The summed E-state index contributed by atoms with van der Waals surface area (Å²) in [5.41, 5.74) is -0.779. The minimum atomic E-state index is -3.28. The molecule has 1 aromatic rings. The van der Waals surface area contributed by atoms with Gasteiger partial charge in [-0.2, -0.15) is 0 Å². The van der Waals surface area contributed by atoms with E-state index in [1.54, 1.807) is 0 Å². The Labute approximate surface area is 96.2 Å². The number of anilines is 1. The van der Waals surface area contributed by atoms with Crippen molar-refractivity contribution in [3.8, 4) is 0 Å².